The zero-order chi connectivity index (χ0) is 15.6. The molecule has 0 radical (unpaired) electrons. The van der Waals surface area contributed by atoms with E-state index in [4.69, 9.17) is 4.74 Å². The second kappa shape index (κ2) is 6.01. The second-order valence-electron chi connectivity index (χ2n) is 6.05. The van der Waals surface area contributed by atoms with E-state index in [0.29, 0.717) is 6.61 Å². The number of nitrogens with zero attached hydrogens (tertiary/aromatic N) is 3. The second-order valence-corrected chi connectivity index (χ2v) is 6.05. The summed E-state index contributed by atoms with van der Waals surface area (Å²) in [5, 5.41) is 0. The molecule has 0 bridgehead atoms. The van der Waals surface area contributed by atoms with Gasteiger partial charge in [0.05, 0.1) is 17.4 Å². The van der Waals surface area contributed by atoms with Gasteiger partial charge in [0.25, 0.3) is 0 Å². The fourth-order valence-electron chi connectivity index (χ4n) is 3.35. The van der Waals surface area contributed by atoms with Crippen LogP contribution >= 0.6 is 0 Å². The van der Waals surface area contributed by atoms with Crippen LogP contribution in [0.2, 0.25) is 0 Å². The van der Waals surface area contributed by atoms with E-state index in [1.165, 1.54) is 0 Å². The summed E-state index contributed by atoms with van der Waals surface area (Å²) in [5.41, 5.74) is 3.21. The van der Waals surface area contributed by atoms with Crippen LogP contribution in [0.25, 0.3) is 0 Å². The normalized spacial score (nSPS) is 21.1. The van der Waals surface area contributed by atoms with Gasteiger partial charge in [0, 0.05) is 25.8 Å². The Labute approximate surface area is 135 Å². The molecule has 2 aliphatic heterocycles. The number of cyclic esters (lactones) is 1. The number of para-hydroxylation sites is 1. The van der Waals surface area contributed by atoms with Gasteiger partial charge in [-0.15, -0.1) is 0 Å². The third-order valence-corrected chi connectivity index (χ3v) is 4.50. The Morgan fingerprint density at radius 1 is 1.17 bits per heavy atom. The average molecular weight is 309 g/mol. The summed E-state index contributed by atoms with van der Waals surface area (Å²) in [6.07, 6.45) is 2.52. The monoisotopic (exact) mass is 309 g/mol. The van der Waals surface area contributed by atoms with Crippen molar-refractivity contribution in [3.05, 3.63) is 59.9 Å². The highest BCUT2D eigenvalue weighted by Gasteiger charge is 2.36. The molecule has 1 amide bonds. The van der Waals surface area contributed by atoms with Gasteiger partial charge in [-0.05, 0) is 30.2 Å². The highest BCUT2D eigenvalue weighted by Crippen LogP contribution is 2.31. The zero-order valence-corrected chi connectivity index (χ0v) is 12.9. The molecule has 2 aromatic rings. The lowest BCUT2D eigenvalue weighted by Gasteiger charge is -2.32. The highest BCUT2D eigenvalue weighted by atomic mass is 16.6. The number of ether oxygens (including phenoxy) is 1. The lowest BCUT2D eigenvalue weighted by atomic mass is 10.1. The number of carbonyl (C=O) groups excluding carboxylic acids is 1. The topological polar surface area (TPSA) is 45.7 Å². The first-order valence-electron chi connectivity index (χ1n) is 7.97. The number of rotatable bonds is 2. The number of pyridine rings is 1. The third kappa shape index (κ3) is 2.80. The van der Waals surface area contributed by atoms with E-state index in [-0.39, 0.29) is 12.1 Å². The van der Waals surface area contributed by atoms with Crippen LogP contribution in [0.3, 0.4) is 0 Å². The lowest BCUT2D eigenvalue weighted by molar-refractivity contribution is 0.177. The van der Waals surface area contributed by atoms with Crippen LogP contribution < -0.4 is 4.90 Å². The Balaban J connectivity index is 1.64. The molecule has 1 fully saturated rings. The van der Waals surface area contributed by atoms with Crippen molar-refractivity contribution in [2.24, 2.45) is 0 Å². The Kier molecular flexibility index (Phi) is 3.71. The fraction of sp³-hybridized carbons (Fsp3) is 0.333. The maximum absolute atomic E-state index is 12.1. The smallest absolute Gasteiger partial charge is 0.414 e. The first kappa shape index (κ1) is 14.2. The molecule has 0 aliphatic carbocycles. The van der Waals surface area contributed by atoms with Crippen LogP contribution in [0.4, 0.5) is 10.5 Å². The Morgan fingerprint density at radius 2 is 2.04 bits per heavy atom. The first-order valence-corrected chi connectivity index (χ1v) is 7.97. The minimum absolute atomic E-state index is 0.121. The van der Waals surface area contributed by atoms with Crippen molar-refractivity contribution in [1.29, 1.82) is 0 Å². The molecule has 118 valence electrons. The summed E-state index contributed by atoms with van der Waals surface area (Å²) in [5.74, 6) is 0. The molecule has 5 nitrogen and oxygen atoms in total. The number of carbonyl (C=O) groups is 1. The fourth-order valence-corrected chi connectivity index (χ4v) is 3.35. The summed E-state index contributed by atoms with van der Waals surface area (Å²) >= 11 is 0. The van der Waals surface area contributed by atoms with Gasteiger partial charge < -0.3 is 4.74 Å². The van der Waals surface area contributed by atoms with E-state index < -0.39 is 0 Å². The summed E-state index contributed by atoms with van der Waals surface area (Å²) in [6, 6.07) is 14.2. The maximum Gasteiger partial charge on any atom is 0.414 e. The van der Waals surface area contributed by atoms with Gasteiger partial charge >= 0.3 is 6.09 Å². The van der Waals surface area contributed by atoms with Gasteiger partial charge in [-0.3, -0.25) is 14.8 Å². The van der Waals surface area contributed by atoms with Gasteiger partial charge in [0.1, 0.15) is 6.61 Å². The van der Waals surface area contributed by atoms with Crippen LogP contribution in [0.1, 0.15) is 17.7 Å². The molecule has 1 aromatic heterocycles. The van der Waals surface area contributed by atoms with Gasteiger partial charge in [-0.2, -0.15) is 0 Å². The van der Waals surface area contributed by atoms with E-state index in [0.717, 1.165) is 43.0 Å². The number of amides is 1. The molecule has 5 heteroatoms. The Hall–Kier alpha value is -2.40. The molecular weight excluding hydrogens is 290 g/mol. The molecule has 1 aromatic carbocycles. The third-order valence-electron chi connectivity index (χ3n) is 4.50. The SMILES string of the molecule is O=C1OCC2CCN(Cc3ccccn3)Cc3ccccc3N12. The number of hydrogen-bond donors (Lipinski definition) is 0. The first-order chi connectivity index (χ1) is 11.3. The standard InChI is InChI=1S/C18H19N3O2/c22-18-21-16(13-23-18)8-10-20(12-15-6-3-4-9-19-15)11-14-5-1-2-7-17(14)21/h1-7,9,16H,8,10-13H2. The van der Waals surface area contributed by atoms with Gasteiger partial charge in [-0.1, -0.05) is 24.3 Å². The predicted molar refractivity (Wildman–Crippen MR) is 87.0 cm³/mol. The molecule has 2 aliphatic rings. The number of aromatic nitrogens is 1. The highest BCUT2D eigenvalue weighted by molar-refractivity contribution is 5.91. The van der Waals surface area contributed by atoms with Gasteiger partial charge in [0.15, 0.2) is 0 Å². The number of fused-ring (bicyclic) bond motifs is 3. The van der Waals surface area contributed by atoms with E-state index in [1.54, 1.807) is 0 Å². The van der Waals surface area contributed by atoms with Crippen molar-refractivity contribution < 1.29 is 9.53 Å². The molecule has 4 rings (SSSR count). The summed E-state index contributed by atoms with van der Waals surface area (Å²) < 4.78 is 5.28. The van der Waals surface area contributed by atoms with Crippen molar-refractivity contribution in [2.45, 2.75) is 25.6 Å². The van der Waals surface area contributed by atoms with E-state index in [9.17, 15) is 4.79 Å². The van der Waals surface area contributed by atoms with E-state index in [1.807, 2.05) is 41.4 Å². The quantitative estimate of drug-likeness (QED) is 0.856. The minimum atomic E-state index is -0.222. The Morgan fingerprint density at radius 3 is 2.91 bits per heavy atom. The summed E-state index contributed by atoms with van der Waals surface area (Å²) in [6.45, 7) is 3.02. The largest absolute Gasteiger partial charge is 0.447 e. The van der Waals surface area contributed by atoms with Crippen LogP contribution in [0.5, 0.6) is 0 Å². The van der Waals surface area contributed by atoms with Crippen molar-refractivity contribution in [3.63, 3.8) is 0 Å². The molecule has 3 heterocycles. The Bertz CT molecular complexity index is 704. The molecule has 1 atom stereocenters. The molecule has 0 N–H and O–H groups in total. The van der Waals surface area contributed by atoms with Crippen molar-refractivity contribution in [2.75, 3.05) is 18.1 Å². The van der Waals surface area contributed by atoms with Gasteiger partial charge in [0.2, 0.25) is 0 Å². The molecular formula is C18H19N3O2. The van der Waals surface area contributed by atoms with E-state index in [2.05, 4.69) is 22.0 Å². The molecule has 0 spiro atoms. The molecule has 1 unspecified atom stereocenters. The molecule has 1 saturated heterocycles. The van der Waals surface area contributed by atoms with Crippen molar-refractivity contribution in [3.8, 4) is 0 Å². The summed E-state index contributed by atoms with van der Waals surface area (Å²) in [4.78, 5) is 20.7. The number of hydrogen-bond acceptors (Lipinski definition) is 4. The van der Waals surface area contributed by atoms with Crippen molar-refractivity contribution >= 4 is 11.8 Å². The maximum atomic E-state index is 12.1. The van der Waals surface area contributed by atoms with Crippen LogP contribution in [-0.4, -0.2) is 35.2 Å². The van der Waals surface area contributed by atoms with Crippen molar-refractivity contribution in [1.82, 2.24) is 9.88 Å². The number of anilines is 1. The van der Waals surface area contributed by atoms with Crippen LogP contribution in [-0.2, 0) is 17.8 Å². The zero-order valence-electron chi connectivity index (χ0n) is 12.9. The van der Waals surface area contributed by atoms with Crippen LogP contribution in [0.15, 0.2) is 48.7 Å². The van der Waals surface area contributed by atoms with E-state index >= 15 is 0 Å². The predicted octanol–water partition coefficient (Wildman–Crippen LogP) is 2.81. The number of benzene rings is 1. The summed E-state index contributed by atoms with van der Waals surface area (Å²) in [7, 11) is 0. The molecule has 23 heavy (non-hydrogen) atoms. The van der Waals surface area contributed by atoms with Crippen LogP contribution in [0, 0.1) is 0 Å². The molecule has 0 saturated carbocycles. The minimum Gasteiger partial charge on any atom is -0.447 e. The lowest BCUT2D eigenvalue weighted by Crippen LogP contribution is -2.40. The average Bonchev–Trinajstić information content (AvgIpc) is 2.92. The van der Waals surface area contributed by atoms with Gasteiger partial charge in [-0.25, -0.2) is 4.79 Å².